The maximum absolute atomic E-state index is 12.7. The summed E-state index contributed by atoms with van der Waals surface area (Å²) in [5.74, 6) is -2.82. The summed E-state index contributed by atoms with van der Waals surface area (Å²) in [5, 5.41) is 9.48. The maximum Gasteiger partial charge on any atom is 0.288 e. The van der Waals surface area contributed by atoms with Gasteiger partial charge in [0, 0.05) is 11.4 Å². The minimum atomic E-state index is -2.56. The van der Waals surface area contributed by atoms with Crippen molar-refractivity contribution in [3.8, 4) is 0 Å². The van der Waals surface area contributed by atoms with Gasteiger partial charge in [0.2, 0.25) is 0 Å². The molecule has 3 nitrogen and oxygen atoms in total. The molecule has 0 aliphatic carbocycles. The predicted molar refractivity (Wildman–Crippen MR) is 78.7 cm³/mol. The number of thioether (sulfide) groups is 1. The summed E-state index contributed by atoms with van der Waals surface area (Å²) in [4.78, 5) is 14.6. The lowest BCUT2D eigenvalue weighted by Gasteiger charge is -2.29. The highest BCUT2D eigenvalue weighted by molar-refractivity contribution is 7.99. The third kappa shape index (κ3) is 4.17. The van der Waals surface area contributed by atoms with Gasteiger partial charge in [0.15, 0.2) is 0 Å². The quantitative estimate of drug-likeness (QED) is 0.866. The first-order valence-corrected chi connectivity index (χ1v) is 7.97. The summed E-state index contributed by atoms with van der Waals surface area (Å²) in [6.07, 6.45) is 3.63. The molecule has 116 valence electrons. The molecule has 6 heteroatoms. The number of benzene rings is 1. The van der Waals surface area contributed by atoms with Gasteiger partial charge in [-0.15, -0.1) is 0 Å². The van der Waals surface area contributed by atoms with E-state index in [1.54, 1.807) is 23.1 Å². The topological polar surface area (TPSA) is 40.5 Å². The molecule has 1 unspecified atom stereocenters. The molecule has 0 bridgehead atoms. The fraction of sp³-hybridized carbons (Fsp3) is 0.533. The minimum absolute atomic E-state index is 0.0874. The molecule has 1 N–H and O–H groups in total. The van der Waals surface area contributed by atoms with Crippen molar-refractivity contribution in [2.45, 2.75) is 42.4 Å². The average molecular weight is 315 g/mol. The number of halogens is 2. The van der Waals surface area contributed by atoms with Crippen LogP contribution in [0.15, 0.2) is 29.2 Å². The Kier molecular flexibility index (Phi) is 5.99. The van der Waals surface area contributed by atoms with Crippen LogP contribution in [0.1, 0.15) is 36.0 Å². The molecular weight excluding hydrogens is 296 g/mol. The van der Waals surface area contributed by atoms with E-state index in [9.17, 15) is 18.7 Å². The fourth-order valence-corrected chi connectivity index (χ4v) is 3.26. The summed E-state index contributed by atoms with van der Waals surface area (Å²) in [6.45, 7) is 0.480. The van der Waals surface area contributed by atoms with Crippen LogP contribution in [0.4, 0.5) is 8.78 Å². The minimum Gasteiger partial charge on any atom is -0.394 e. The van der Waals surface area contributed by atoms with Gasteiger partial charge in [-0.3, -0.25) is 4.79 Å². The first kappa shape index (κ1) is 16.2. The zero-order valence-corrected chi connectivity index (χ0v) is 12.5. The third-order valence-electron chi connectivity index (χ3n) is 3.68. The molecule has 2 rings (SSSR count). The Hall–Kier alpha value is -1.14. The number of alkyl halides is 2. The molecule has 0 saturated carbocycles. The van der Waals surface area contributed by atoms with Crippen molar-refractivity contribution >= 4 is 17.7 Å². The van der Waals surface area contributed by atoms with Crippen molar-refractivity contribution in [1.29, 1.82) is 0 Å². The van der Waals surface area contributed by atoms with Gasteiger partial charge in [-0.1, -0.05) is 36.7 Å². The summed E-state index contributed by atoms with van der Waals surface area (Å²) >= 11 is 0.388. The van der Waals surface area contributed by atoms with Crippen LogP contribution in [0.2, 0.25) is 0 Å². The largest absolute Gasteiger partial charge is 0.394 e. The van der Waals surface area contributed by atoms with E-state index >= 15 is 0 Å². The molecular formula is C15H19F2NO2S. The van der Waals surface area contributed by atoms with Gasteiger partial charge in [0.05, 0.1) is 18.2 Å². The maximum atomic E-state index is 12.7. The molecule has 1 aliphatic heterocycles. The smallest absolute Gasteiger partial charge is 0.288 e. The first-order valence-electron chi connectivity index (χ1n) is 7.09. The number of likely N-dealkylation sites (tertiary alicyclic amines) is 1. The third-order valence-corrected chi connectivity index (χ3v) is 4.47. The zero-order valence-electron chi connectivity index (χ0n) is 11.7. The van der Waals surface area contributed by atoms with Crippen LogP contribution >= 0.6 is 11.8 Å². The van der Waals surface area contributed by atoms with E-state index in [0.717, 1.165) is 25.7 Å². The van der Waals surface area contributed by atoms with E-state index < -0.39 is 5.76 Å². The van der Waals surface area contributed by atoms with Gasteiger partial charge < -0.3 is 10.0 Å². The molecule has 0 spiro atoms. The second-order valence-electron chi connectivity index (χ2n) is 5.06. The van der Waals surface area contributed by atoms with E-state index in [0.29, 0.717) is 28.8 Å². The van der Waals surface area contributed by atoms with Crippen molar-refractivity contribution < 1.29 is 18.7 Å². The molecule has 1 aromatic rings. The lowest BCUT2D eigenvalue weighted by atomic mass is 10.1. The number of aliphatic hydroxyl groups excluding tert-OH is 1. The average Bonchev–Trinajstić information content (AvgIpc) is 2.71. The van der Waals surface area contributed by atoms with E-state index in [4.69, 9.17) is 0 Å². The van der Waals surface area contributed by atoms with Gasteiger partial charge in [-0.05, 0) is 25.0 Å². The van der Waals surface area contributed by atoms with Crippen molar-refractivity contribution in [3.63, 3.8) is 0 Å². The predicted octanol–water partition coefficient (Wildman–Crippen LogP) is 3.38. The van der Waals surface area contributed by atoms with Gasteiger partial charge >= 0.3 is 0 Å². The van der Waals surface area contributed by atoms with E-state index in [-0.39, 0.29) is 18.6 Å². The van der Waals surface area contributed by atoms with Crippen LogP contribution in [-0.2, 0) is 0 Å². The molecule has 1 aliphatic rings. The molecule has 0 radical (unpaired) electrons. The molecule has 21 heavy (non-hydrogen) atoms. The molecule has 1 heterocycles. The molecule has 1 saturated heterocycles. The molecule has 1 fully saturated rings. The Morgan fingerprint density at radius 2 is 2.10 bits per heavy atom. The summed E-state index contributed by atoms with van der Waals surface area (Å²) in [6, 6.07) is 6.22. The highest BCUT2D eigenvalue weighted by Crippen LogP contribution is 2.30. The highest BCUT2D eigenvalue weighted by atomic mass is 32.2. The number of rotatable bonds is 4. The van der Waals surface area contributed by atoms with E-state index in [2.05, 4.69) is 0 Å². The van der Waals surface area contributed by atoms with Crippen LogP contribution in [0.3, 0.4) is 0 Å². The number of carbonyl (C=O) groups excluding carboxylic acids is 1. The first-order chi connectivity index (χ1) is 10.1. The zero-order chi connectivity index (χ0) is 15.2. The normalized spacial score (nSPS) is 19.6. The van der Waals surface area contributed by atoms with E-state index in [1.807, 2.05) is 0 Å². The summed E-state index contributed by atoms with van der Waals surface area (Å²) < 4.78 is 25.2. The summed E-state index contributed by atoms with van der Waals surface area (Å²) in [7, 11) is 0. The van der Waals surface area contributed by atoms with Gasteiger partial charge in [0.1, 0.15) is 0 Å². The molecule has 0 aromatic heterocycles. The number of hydrogen-bond acceptors (Lipinski definition) is 3. The lowest BCUT2D eigenvalue weighted by molar-refractivity contribution is 0.0596. The SMILES string of the molecule is O=C(c1ccccc1SC(F)F)N1CCCCCC1CO. The number of carbonyl (C=O) groups is 1. The van der Waals surface area contributed by atoms with Crippen LogP contribution < -0.4 is 0 Å². The Bertz CT molecular complexity index is 484. The Morgan fingerprint density at radius 3 is 2.81 bits per heavy atom. The van der Waals surface area contributed by atoms with Crippen molar-refractivity contribution in [2.24, 2.45) is 0 Å². The molecule has 1 amide bonds. The van der Waals surface area contributed by atoms with Crippen LogP contribution in [0.5, 0.6) is 0 Å². The van der Waals surface area contributed by atoms with Crippen LogP contribution in [-0.4, -0.2) is 40.9 Å². The Balaban J connectivity index is 2.25. The highest BCUT2D eigenvalue weighted by Gasteiger charge is 2.27. The molecule has 1 atom stereocenters. The lowest BCUT2D eigenvalue weighted by Crippen LogP contribution is -2.42. The second-order valence-corrected chi connectivity index (χ2v) is 6.09. The number of nitrogens with zero attached hydrogens (tertiary/aromatic N) is 1. The Morgan fingerprint density at radius 1 is 1.33 bits per heavy atom. The second kappa shape index (κ2) is 7.75. The molecule has 1 aromatic carbocycles. The standard InChI is InChI=1S/C15H19F2NO2S/c16-15(17)21-13-8-4-3-7-12(13)14(20)18-9-5-1-2-6-11(18)10-19/h3-4,7-8,11,15,19H,1-2,5-6,9-10H2. The van der Waals surface area contributed by atoms with Crippen molar-refractivity contribution in [1.82, 2.24) is 4.90 Å². The van der Waals surface area contributed by atoms with Gasteiger partial charge in [-0.25, -0.2) is 0 Å². The monoisotopic (exact) mass is 315 g/mol. The van der Waals surface area contributed by atoms with Crippen molar-refractivity contribution in [2.75, 3.05) is 13.2 Å². The number of amides is 1. The van der Waals surface area contributed by atoms with Crippen LogP contribution in [0, 0.1) is 0 Å². The van der Waals surface area contributed by atoms with Gasteiger partial charge in [-0.2, -0.15) is 8.78 Å². The van der Waals surface area contributed by atoms with Crippen LogP contribution in [0.25, 0.3) is 0 Å². The number of aliphatic hydroxyl groups is 1. The summed E-state index contributed by atoms with van der Waals surface area (Å²) in [5.41, 5.74) is 0.295. The van der Waals surface area contributed by atoms with Crippen molar-refractivity contribution in [3.05, 3.63) is 29.8 Å². The van der Waals surface area contributed by atoms with Gasteiger partial charge in [0.25, 0.3) is 11.7 Å². The van der Waals surface area contributed by atoms with E-state index in [1.165, 1.54) is 6.07 Å². The fourth-order valence-electron chi connectivity index (χ4n) is 2.63. The Labute approximate surface area is 127 Å². The number of hydrogen-bond donors (Lipinski definition) is 1.